The van der Waals surface area contributed by atoms with E-state index >= 15 is 0 Å². The van der Waals surface area contributed by atoms with E-state index in [1.54, 1.807) is 6.20 Å². The van der Waals surface area contributed by atoms with E-state index in [1.807, 2.05) is 43.3 Å². The van der Waals surface area contributed by atoms with Crippen LogP contribution in [0.2, 0.25) is 0 Å². The Bertz CT molecular complexity index is 1050. The Balaban J connectivity index is 1.65. The first-order valence-corrected chi connectivity index (χ1v) is 9.98. The SMILES string of the molecule is Cc1cc2c(N(Cc3ccc(N4CCCCC4)c(F)c3)C(N)=O)cccc2cn1. The number of fused-ring (bicyclic) bond motifs is 1. The number of carbonyl (C=O) groups excluding carboxylic acids is 1. The zero-order valence-electron chi connectivity index (χ0n) is 16.6. The van der Waals surface area contributed by atoms with Gasteiger partial charge in [0, 0.05) is 35.8 Å². The molecule has 3 aromatic rings. The molecule has 5 nitrogen and oxygen atoms in total. The molecule has 2 heterocycles. The van der Waals surface area contributed by atoms with Crippen molar-refractivity contribution in [2.24, 2.45) is 5.73 Å². The van der Waals surface area contributed by atoms with Crippen LogP contribution < -0.4 is 15.5 Å². The number of hydrogen-bond acceptors (Lipinski definition) is 3. The van der Waals surface area contributed by atoms with Crippen LogP contribution in [0.5, 0.6) is 0 Å². The molecule has 0 atom stereocenters. The largest absolute Gasteiger partial charge is 0.369 e. The van der Waals surface area contributed by atoms with Gasteiger partial charge in [-0.25, -0.2) is 9.18 Å². The maximum absolute atomic E-state index is 14.8. The summed E-state index contributed by atoms with van der Waals surface area (Å²) in [5.74, 6) is -0.258. The molecule has 29 heavy (non-hydrogen) atoms. The van der Waals surface area contributed by atoms with Gasteiger partial charge in [0.1, 0.15) is 5.82 Å². The summed E-state index contributed by atoms with van der Waals surface area (Å²) in [6.45, 7) is 3.87. The predicted octanol–water partition coefficient (Wildman–Crippen LogP) is 4.76. The van der Waals surface area contributed by atoms with Crippen LogP contribution in [0, 0.1) is 12.7 Å². The Morgan fingerprint density at radius 3 is 2.69 bits per heavy atom. The minimum Gasteiger partial charge on any atom is -0.369 e. The van der Waals surface area contributed by atoms with Gasteiger partial charge >= 0.3 is 6.03 Å². The molecular formula is C23H25FN4O. The maximum Gasteiger partial charge on any atom is 0.319 e. The van der Waals surface area contributed by atoms with Gasteiger partial charge in [0.2, 0.25) is 0 Å². The average Bonchev–Trinajstić information content (AvgIpc) is 2.72. The monoisotopic (exact) mass is 392 g/mol. The summed E-state index contributed by atoms with van der Waals surface area (Å²) in [6, 6.07) is 12.2. The highest BCUT2D eigenvalue weighted by Gasteiger charge is 2.19. The van der Waals surface area contributed by atoms with Gasteiger partial charge in [-0.1, -0.05) is 18.2 Å². The normalized spacial score (nSPS) is 14.2. The summed E-state index contributed by atoms with van der Waals surface area (Å²) in [5.41, 5.74) is 8.58. The van der Waals surface area contributed by atoms with E-state index in [9.17, 15) is 9.18 Å². The number of carbonyl (C=O) groups is 1. The summed E-state index contributed by atoms with van der Waals surface area (Å²) in [5, 5.41) is 1.81. The predicted molar refractivity (Wildman–Crippen MR) is 115 cm³/mol. The second kappa shape index (κ2) is 8.07. The number of nitrogens with zero attached hydrogens (tertiary/aromatic N) is 3. The zero-order valence-corrected chi connectivity index (χ0v) is 16.6. The standard InChI is InChI=1S/C23H25FN4O/c1-16-12-19-18(14-26-16)6-5-7-21(19)28(23(25)29)15-17-8-9-22(20(24)13-17)27-10-3-2-4-11-27/h5-9,12-14H,2-4,10-11,15H2,1H3,(H2,25,29). The molecule has 2 amide bonds. The fourth-order valence-electron chi connectivity index (χ4n) is 4.00. The number of halogens is 1. The van der Waals surface area contributed by atoms with Crippen molar-refractivity contribution in [1.29, 1.82) is 0 Å². The number of amides is 2. The van der Waals surface area contributed by atoms with Crippen molar-refractivity contribution >= 4 is 28.2 Å². The lowest BCUT2D eigenvalue weighted by molar-refractivity contribution is 0.253. The van der Waals surface area contributed by atoms with E-state index < -0.39 is 6.03 Å². The molecule has 0 bridgehead atoms. The zero-order chi connectivity index (χ0) is 20.4. The minimum absolute atomic E-state index is 0.201. The Morgan fingerprint density at radius 1 is 1.17 bits per heavy atom. The molecule has 1 aliphatic heterocycles. The molecule has 0 unspecified atom stereocenters. The lowest BCUT2D eigenvalue weighted by atomic mass is 10.1. The van der Waals surface area contributed by atoms with Gasteiger partial charge in [0.05, 0.1) is 17.9 Å². The minimum atomic E-state index is -0.576. The highest BCUT2D eigenvalue weighted by molar-refractivity contribution is 6.02. The third kappa shape index (κ3) is 4.01. The number of urea groups is 1. The lowest BCUT2D eigenvalue weighted by Gasteiger charge is -2.29. The summed E-state index contributed by atoms with van der Waals surface area (Å²) in [7, 11) is 0. The highest BCUT2D eigenvalue weighted by Crippen LogP contribution is 2.29. The third-order valence-electron chi connectivity index (χ3n) is 5.48. The first-order chi connectivity index (χ1) is 14.0. The molecule has 1 fully saturated rings. The fraction of sp³-hybridized carbons (Fsp3) is 0.304. The quantitative estimate of drug-likeness (QED) is 0.696. The van der Waals surface area contributed by atoms with Gasteiger partial charge in [0.15, 0.2) is 0 Å². The van der Waals surface area contributed by atoms with Crippen LogP contribution in [0.25, 0.3) is 10.8 Å². The molecular weight excluding hydrogens is 367 g/mol. The Morgan fingerprint density at radius 2 is 1.97 bits per heavy atom. The summed E-state index contributed by atoms with van der Waals surface area (Å²) < 4.78 is 14.8. The number of benzene rings is 2. The molecule has 1 aliphatic rings. The van der Waals surface area contributed by atoms with Crippen LogP contribution in [-0.2, 0) is 6.54 Å². The van der Waals surface area contributed by atoms with Gasteiger partial charge in [-0.05, 0) is 56.0 Å². The topological polar surface area (TPSA) is 62.5 Å². The Hall–Kier alpha value is -3.15. The number of aryl methyl sites for hydroxylation is 1. The van der Waals surface area contributed by atoms with Crippen molar-refractivity contribution in [2.75, 3.05) is 22.9 Å². The van der Waals surface area contributed by atoms with Crippen LogP contribution >= 0.6 is 0 Å². The summed E-state index contributed by atoms with van der Waals surface area (Å²) in [4.78, 5) is 20.2. The van der Waals surface area contributed by atoms with Gasteiger partial charge in [-0.3, -0.25) is 9.88 Å². The number of piperidine rings is 1. The van der Waals surface area contributed by atoms with Crippen molar-refractivity contribution in [3.63, 3.8) is 0 Å². The van der Waals surface area contributed by atoms with Crippen LogP contribution in [0.3, 0.4) is 0 Å². The van der Waals surface area contributed by atoms with E-state index in [0.29, 0.717) is 16.9 Å². The fourth-order valence-corrected chi connectivity index (χ4v) is 4.00. The molecule has 2 aromatic carbocycles. The van der Waals surface area contributed by atoms with Crippen LogP contribution in [-0.4, -0.2) is 24.1 Å². The number of pyridine rings is 1. The van der Waals surface area contributed by atoms with E-state index in [-0.39, 0.29) is 12.4 Å². The second-order valence-electron chi connectivity index (χ2n) is 7.58. The van der Waals surface area contributed by atoms with Crippen molar-refractivity contribution in [3.05, 3.63) is 65.7 Å². The molecule has 0 radical (unpaired) electrons. The molecule has 0 aliphatic carbocycles. The molecule has 0 saturated carbocycles. The molecule has 6 heteroatoms. The smallest absolute Gasteiger partial charge is 0.319 e. The first kappa shape index (κ1) is 19.2. The van der Waals surface area contributed by atoms with Crippen LogP contribution in [0.15, 0.2) is 48.7 Å². The van der Waals surface area contributed by atoms with E-state index in [0.717, 1.165) is 42.4 Å². The number of aromatic nitrogens is 1. The summed E-state index contributed by atoms with van der Waals surface area (Å²) >= 11 is 0. The Kier molecular flexibility index (Phi) is 5.34. The maximum atomic E-state index is 14.8. The average molecular weight is 392 g/mol. The van der Waals surface area contributed by atoms with Gasteiger partial charge in [-0.15, -0.1) is 0 Å². The van der Waals surface area contributed by atoms with Crippen LogP contribution in [0.4, 0.5) is 20.6 Å². The molecule has 1 aromatic heterocycles. The molecule has 150 valence electrons. The lowest BCUT2D eigenvalue weighted by Crippen LogP contribution is -2.35. The van der Waals surface area contributed by atoms with E-state index in [4.69, 9.17) is 5.73 Å². The molecule has 4 rings (SSSR count). The van der Waals surface area contributed by atoms with Crippen molar-refractivity contribution in [1.82, 2.24) is 4.98 Å². The first-order valence-electron chi connectivity index (χ1n) is 9.98. The number of primary amides is 1. The van der Waals surface area contributed by atoms with E-state index in [2.05, 4.69) is 9.88 Å². The Labute approximate surface area is 169 Å². The van der Waals surface area contributed by atoms with Crippen LogP contribution in [0.1, 0.15) is 30.5 Å². The van der Waals surface area contributed by atoms with Gasteiger partial charge < -0.3 is 10.6 Å². The van der Waals surface area contributed by atoms with Gasteiger partial charge in [-0.2, -0.15) is 0 Å². The molecule has 2 N–H and O–H groups in total. The highest BCUT2D eigenvalue weighted by atomic mass is 19.1. The van der Waals surface area contributed by atoms with Crippen molar-refractivity contribution in [2.45, 2.75) is 32.7 Å². The third-order valence-corrected chi connectivity index (χ3v) is 5.48. The van der Waals surface area contributed by atoms with E-state index in [1.165, 1.54) is 17.4 Å². The van der Waals surface area contributed by atoms with Crippen molar-refractivity contribution in [3.8, 4) is 0 Å². The molecule has 1 saturated heterocycles. The number of nitrogens with two attached hydrogens (primary N) is 1. The summed E-state index contributed by atoms with van der Waals surface area (Å²) in [6.07, 6.45) is 5.15. The molecule has 0 spiro atoms. The second-order valence-corrected chi connectivity index (χ2v) is 7.58. The number of rotatable bonds is 4. The van der Waals surface area contributed by atoms with Crippen molar-refractivity contribution < 1.29 is 9.18 Å². The van der Waals surface area contributed by atoms with Gasteiger partial charge in [0.25, 0.3) is 0 Å². The number of hydrogen-bond donors (Lipinski definition) is 1. The number of anilines is 2.